The fraction of sp³-hybridized carbons (Fsp3) is 0.300. The summed E-state index contributed by atoms with van der Waals surface area (Å²) in [7, 11) is 5.57. The van der Waals surface area contributed by atoms with E-state index in [1.165, 1.54) is 6.92 Å². The highest BCUT2D eigenvalue weighted by Crippen LogP contribution is 2.21. The van der Waals surface area contributed by atoms with E-state index in [0.717, 1.165) is 11.3 Å². The Morgan fingerprint density at radius 2 is 1.52 bits per heavy atom. The van der Waals surface area contributed by atoms with E-state index in [9.17, 15) is 9.59 Å². The quantitative estimate of drug-likeness (QED) is 0.699. The predicted molar refractivity (Wildman–Crippen MR) is 107 cm³/mol. The number of hydrogen-bond acceptors (Lipinski definition) is 4. The summed E-state index contributed by atoms with van der Waals surface area (Å²) in [5.41, 5.74) is 2.41. The van der Waals surface area contributed by atoms with Crippen LogP contribution in [-0.2, 0) is 4.79 Å². The van der Waals surface area contributed by atoms with Crippen LogP contribution in [0.2, 0.25) is 0 Å². The van der Waals surface area contributed by atoms with Gasteiger partial charge in [-0.2, -0.15) is 0 Å². The molecule has 2 rings (SSSR count). The molecule has 27 heavy (non-hydrogen) atoms. The molecule has 0 saturated heterocycles. The fourth-order valence-electron chi connectivity index (χ4n) is 2.63. The van der Waals surface area contributed by atoms with E-state index in [4.69, 9.17) is 4.74 Å². The summed E-state index contributed by atoms with van der Waals surface area (Å²) in [4.78, 5) is 25.3. The lowest BCUT2D eigenvalue weighted by molar-refractivity contribution is -0.114. The summed E-state index contributed by atoms with van der Waals surface area (Å²) in [6.45, 7) is 1.90. The molecular weight excluding hydrogens is 344 g/mol. The number of methoxy groups -OCH3 is 1. The topological polar surface area (TPSA) is 82.7 Å². The molecule has 0 aliphatic heterocycles. The second kappa shape index (κ2) is 9.59. The van der Waals surface area contributed by atoms with Gasteiger partial charge in [0.2, 0.25) is 5.91 Å². The molecular formula is C20H26N4O3. The number of benzene rings is 2. The summed E-state index contributed by atoms with van der Waals surface area (Å²) in [5.74, 6) is 0.659. The van der Waals surface area contributed by atoms with Crippen LogP contribution >= 0.6 is 0 Å². The number of carbonyl (C=O) groups is 2. The smallest absolute Gasteiger partial charge is 0.319 e. The van der Waals surface area contributed by atoms with Gasteiger partial charge in [-0.05, 0) is 56.1 Å². The van der Waals surface area contributed by atoms with E-state index in [0.29, 0.717) is 17.9 Å². The van der Waals surface area contributed by atoms with Crippen LogP contribution < -0.4 is 20.7 Å². The van der Waals surface area contributed by atoms with Crippen LogP contribution in [0.15, 0.2) is 48.5 Å². The second-order valence-electron chi connectivity index (χ2n) is 6.35. The van der Waals surface area contributed by atoms with Gasteiger partial charge in [-0.25, -0.2) is 4.79 Å². The summed E-state index contributed by atoms with van der Waals surface area (Å²) < 4.78 is 5.19. The average molecular weight is 370 g/mol. The highest BCUT2D eigenvalue weighted by molar-refractivity contribution is 5.91. The first-order valence-corrected chi connectivity index (χ1v) is 8.62. The van der Waals surface area contributed by atoms with Gasteiger partial charge in [-0.1, -0.05) is 12.1 Å². The van der Waals surface area contributed by atoms with Gasteiger partial charge in [0.25, 0.3) is 0 Å². The van der Waals surface area contributed by atoms with Crippen molar-refractivity contribution in [2.45, 2.75) is 13.0 Å². The van der Waals surface area contributed by atoms with Crippen molar-refractivity contribution in [3.8, 4) is 5.75 Å². The Labute approximate surface area is 159 Å². The molecule has 0 aromatic heterocycles. The third-order valence-corrected chi connectivity index (χ3v) is 4.04. The highest BCUT2D eigenvalue weighted by Gasteiger charge is 2.15. The van der Waals surface area contributed by atoms with Crippen LogP contribution in [0.25, 0.3) is 0 Å². The first kappa shape index (κ1) is 20.3. The van der Waals surface area contributed by atoms with E-state index in [-0.39, 0.29) is 18.0 Å². The molecule has 0 fully saturated rings. The minimum absolute atomic E-state index is 0.0313. The summed E-state index contributed by atoms with van der Waals surface area (Å²) in [6, 6.07) is 14.5. The van der Waals surface area contributed by atoms with Crippen LogP contribution in [0, 0.1) is 0 Å². The van der Waals surface area contributed by atoms with Gasteiger partial charge in [0.05, 0.1) is 13.2 Å². The molecule has 0 aliphatic rings. The number of carbonyl (C=O) groups excluding carboxylic acids is 2. The van der Waals surface area contributed by atoms with Crippen LogP contribution in [0.3, 0.4) is 0 Å². The Hall–Kier alpha value is -3.06. The molecule has 0 aliphatic carbocycles. The Morgan fingerprint density at radius 3 is 2.00 bits per heavy atom. The molecule has 3 N–H and O–H groups in total. The SMILES string of the molecule is COc1ccc(C(CNC(=O)Nc2ccc(NC(C)=O)cc2)N(C)C)cc1. The van der Waals surface area contributed by atoms with Crippen molar-refractivity contribution in [2.75, 3.05) is 38.4 Å². The normalized spacial score (nSPS) is 11.6. The lowest BCUT2D eigenvalue weighted by Gasteiger charge is -2.25. The lowest BCUT2D eigenvalue weighted by Crippen LogP contribution is -2.36. The summed E-state index contributed by atoms with van der Waals surface area (Å²) >= 11 is 0. The number of rotatable bonds is 7. The Bertz CT molecular complexity index is 758. The van der Waals surface area contributed by atoms with E-state index >= 15 is 0 Å². The number of urea groups is 1. The van der Waals surface area contributed by atoms with Crippen molar-refractivity contribution >= 4 is 23.3 Å². The number of nitrogens with one attached hydrogen (secondary N) is 3. The number of likely N-dealkylation sites (N-methyl/N-ethyl adjacent to an activating group) is 1. The monoisotopic (exact) mass is 370 g/mol. The molecule has 0 radical (unpaired) electrons. The molecule has 0 bridgehead atoms. The molecule has 1 atom stereocenters. The fourth-order valence-corrected chi connectivity index (χ4v) is 2.63. The van der Waals surface area contributed by atoms with Gasteiger partial charge < -0.3 is 25.6 Å². The zero-order chi connectivity index (χ0) is 19.8. The van der Waals surface area contributed by atoms with Crippen LogP contribution in [-0.4, -0.2) is 44.6 Å². The Balaban J connectivity index is 1.92. The number of hydrogen-bond donors (Lipinski definition) is 3. The molecule has 144 valence electrons. The Kier molecular flexibility index (Phi) is 7.19. The standard InChI is InChI=1S/C20H26N4O3/c1-14(25)22-16-7-9-17(10-8-16)23-20(26)21-13-19(24(2)3)15-5-11-18(27-4)12-6-15/h5-12,19H,13H2,1-4H3,(H,22,25)(H2,21,23,26). The molecule has 0 saturated carbocycles. The maximum atomic E-state index is 12.2. The van der Waals surface area contributed by atoms with Crippen LogP contribution in [0.4, 0.5) is 16.2 Å². The maximum Gasteiger partial charge on any atom is 0.319 e. The van der Waals surface area contributed by atoms with Crippen molar-refractivity contribution < 1.29 is 14.3 Å². The van der Waals surface area contributed by atoms with Crippen LogP contribution in [0.5, 0.6) is 5.75 Å². The zero-order valence-electron chi connectivity index (χ0n) is 16.1. The first-order chi connectivity index (χ1) is 12.9. The minimum Gasteiger partial charge on any atom is -0.497 e. The van der Waals surface area contributed by atoms with E-state index in [1.54, 1.807) is 31.4 Å². The average Bonchev–Trinajstić information content (AvgIpc) is 2.63. The molecule has 7 heteroatoms. The van der Waals surface area contributed by atoms with Gasteiger partial charge in [0, 0.05) is 24.8 Å². The third kappa shape index (κ3) is 6.31. The van der Waals surface area contributed by atoms with Gasteiger partial charge >= 0.3 is 6.03 Å². The second-order valence-corrected chi connectivity index (χ2v) is 6.35. The van der Waals surface area contributed by atoms with E-state index < -0.39 is 0 Å². The van der Waals surface area contributed by atoms with Crippen molar-refractivity contribution in [2.24, 2.45) is 0 Å². The molecule has 3 amide bonds. The molecule has 7 nitrogen and oxygen atoms in total. The number of ether oxygens (including phenoxy) is 1. The number of nitrogens with zero attached hydrogens (tertiary/aromatic N) is 1. The lowest BCUT2D eigenvalue weighted by atomic mass is 10.1. The Morgan fingerprint density at radius 1 is 0.963 bits per heavy atom. The molecule has 1 unspecified atom stereocenters. The van der Waals surface area contributed by atoms with E-state index in [2.05, 4.69) is 16.0 Å². The van der Waals surface area contributed by atoms with Gasteiger partial charge in [-0.3, -0.25) is 4.79 Å². The summed E-state index contributed by atoms with van der Waals surface area (Å²) in [5, 5.41) is 8.36. The summed E-state index contributed by atoms with van der Waals surface area (Å²) in [6.07, 6.45) is 0. The largest absolute Gasteiger partial charge is 0.497 e. The van der Waals surface area contributed by atoms with E-state index in [1.807, 2.05) is 43.3 Å². The molecule has 2 aromatic rings. The predicted octanol–water partition coefficient (Wildman–Crippen LogP) is 3.08. The number of amides is 3. The van der Waals surface area contributed by atoms with Crippen LogP contribution in [0.1, 0.15) is 18.5 Å². The van der Waals surface area contributed by atoms with Gasteiger partial charge in [0.1, 0.15) is 5.75 Å². The zero-order valence-corrected chi connectivity index (χ0v) is 16.1. The minimum atomic E-state index is -0.289. The van der Waals surface area contributed by atoms with Gasteiger partial charge in [-0.15, -0.1) is 0 Å². The van der Waals surface area contributed by atoms with Crippen molar-refractivity contribution in [3.63, 3.8) is 0 Å². The van der Waals surface area contributed by atoms with Crippen molar-refractivity contribution in [1.82, 2.24) is 10.2 Å². The molecule has 2 aromatic carbocycles. The maximum absolute atomic E-state index is 12.2. The highest BCUT2D eigenvalue weighted by atomic mass is 16.5. The molecule has 0 spiro atoms. The van der Waals surface area contributed by atoms with Gasteiger partial charge in [0.15, 0.2) is 0 Å². The van der Waals surface area contributed by atoms with Crippen molar-refractivity contribution in [1.29, 1.82) is 0 Å². The third-order valence-electron chi connectivity index (χ3n) is 4.04. The molecule has 0 heterocycles. The first-order valence-electron chi connectivity index (χ1n) is 8.62. The number of anilines is 2. The van der Waals surface area contributed by atoms with Crippen molar-refractivity contribution in [3.05, 3.63) is 54.1 Å².